The van der Waals surface area contributed by atoms with E-state index < -0.39 is 0 Å². The van der Waals surface area contributed by atoms with Gasteiger partial charge in [0.25, 0.3) is 0 Å². The molecule has 2 heterocycles. The minimum absolute atomic E-state index is 0.159. The lowest BCUT2D eigenvalue weighted by atomic mass is 10.0. The van der Waals surface area contributed by atoms with Gasteiger partial charge in [0.15, 0.2) is 0 Å². The molecule has 7 nitrogen and oxygen atoms in total. The highest BCUT2D eigenvalue weighted by molar-refractivity contribution is 5.83. The van der Waals surface area contributed by atoms with Crippen molar-refractivity contribution in [1.29, 1.82) is 0 Å². The quantitative estimate of drug-likeness (QED) is 0.420. The van der Waals surface area contributed by atoms with Gasteiger partial charge in [0.05, 0.1) is 19.4 Å². The number of ether oxygens (including phenoxy) is 2. The molecular formula is C23H28N4O3. The third-order valence-corrected chi connectivity index (χ3v) is 5.56. The van der Waals surface area contributed by atoms with Crippen LogP contribution >= 0.6 is 0 Å². The Bertz CT molecular complexity index is 987. The Kier molecular flexibility index (Phi) is 6.59. The molecule has 158 valence electrons. The van der Waals surface area contributed by atoms with Gasteiger partial charge in [0.2, 0.25) is 0 Å². The molecule has 0 N–H and O–H groups in total. The summed E-state index contributed by atoms with van der Waals surface area (Å²) in [4.78, 5) is 14.2. The fraction of sp³-hybridized carbons (Fsp3) is 0.435. The summed E-state index contributed by atoms with van der Waals surface area (Å²) >= 11 is 0. The molecule has 4 rings (SSSR count). The highest BCUT2D eigenvalue weighted by Gasteiger charge is 2.29. The number of methoxy groups -OCH3 is 1. The van der Waals surface area contributed by atoms with Gasteiger partial charge in [-0.1, -0.05) is 42.0 Å². The van der Waals surface area contributed by atoms with Crippen LogP contribution in [0.1, 0.15) is 31.4 Å². The molecule has 0 amide bonds. The molecule has 1 saturated heterocycles. The number of hydrogen-bond acceptors (Lipinski definition) is 6. The highest BCUT2D eigenvalue weighted by Crippen LogP contribution is 2.21. The molecule has 1 aliphatic rings. The summed E-state index contributed by atoms with van der Waals surface area (Å²) < 4.78 is 12.7. The van der Waals surface area contributed by atoms with Gasteiger partial charge in [0, 0.05) is 25.7 Å². The molecule has 1 fully saturated rings. The van der Waals surface area contributed by atoms with Gasteiger partial charge in [-0.2, -0.15) is 0 Å². The van der Waals surface area contributed by atoms with E-state index in [-0.39, 0.29) is 12.0 Å². The second-order valence-electron chi connectivity index (χ2n) is 7.69. The largest absolute Gasteiger partial charge is 0.494 e. The minimum Gasteiger partial charge on any atom is -0.494 e. The zero-order valence-corrected chi connectivity index (χ0v) is 17.4. The molecule has 1 atom stereocenters. The number of rotatable bonds is 8. The predicted octanol–water partition coefficient (Wildman–Crippen LogP) is 3.43. The number of carbonyl (C=O) groups excluding carboxylic acids is 1. The fourth-order valence-electron chi connectivity index (χ4n) is 3.99. The maximum Gasteiger partial charge on any atom is 0.323 e. The molecule has 0 aliphatic carbocycles. The molecule has 0 bridgehead atoms. The summed E-state index contributed by atoms with van der Waals surface area (Å²) in [6, 6.07) is 14.2. The van der Waals surface area contributed by atoms with Crippen LogP contribution in [0.25, 0.3) is 10.8 Å². The third-order valence-electron chi connectivity index (χ3n) is 5.56. The Labute approximate surface area is 176 Å². The van der Waals surface area contributed by atoms with Gasteiger partial charge in [0.1, 0.15) is 11.8 Å². The van der Waals surface area contributed by atoms with Crippen LogP contribution in [0.3, 0.4) is 0 Å². The second-order valence-corrected chi connectivity index (χ2v) is 7.69. The predicted molar refractivity (Wildman–Crippen MR) is 114 cm³/mol. The number of aromatic nitrogens is 3. The minimum atomic E-state index is -0.177. The Morgan fingerprint density at radius 3 is 2.90 bits per heavy atom. The van der Waals surface area contributed by atoms with Crippen molar-refractivity contribution in [3.63, 3.8) is 0 Å². The zero-order chi connectivity index (χ0) is 20.8. The van der Waals surface area contributed by atoms with E-state index in [1.165, 1.54) is 17.9 Å². The number of piperidine rings is 1. The summed E-state index contributed by atoms with van der Waals surface area (Å²) in [7, 11) is 1.45. The van der Waals surface area contributed by atoms with Crippen LogP contribution in [0.5, 0.6) is 5.75 Å². The average Bonchev–Trinajstić information content (AvgIpc) is 3.23. The Morgan fingerprint density at radius 1 is 1.17 bits per heavy atom. The van der Waals surface area contributed by atoms with Crippen molar-refractivity contribution >= 4 is 16.7 Å². The van der Waals surface area contributed by atoms with Crippen molar-refractivity contribution in [1.82, 2.24) is 19.9 Å². The first kappa shape index (κ1) is 20.3. The van der Waals surface area contributed by atoms with Crippen LogP contribution in [0.15, 0.2) is 48.7 Å². The van der Waals surface area contributed by atoms with E-state index in [0.29, 0.717) is 13.2 Å². The SMILES string of the molecule is COC(=O)C1CCCCN1Cc1cn(CCCOc2ccc3ccccc3c2)nn1. The van der Waals surface area contributed by atoms with Gasteiger partial charge in [-0.15, -0.1) is 5.10 Å². The highest BCUT2D eigenvalue weighted by atomic mass is 16.5. The molecule has 1 unspecified atom stereocenters. The summed E-state index contributed by atoms with van der Waals surface area (Å²) in [5.74, 6) is 0.722. The molecule has 2 aromatic carbocycles. The number of benzene rings is 2. The van der Waals surface area contributed by atoms with E-state index in [1.807, 2.05) is 29.1 Å². The standard InChI is InChI=1S/C23H28N4O3/c1-29-23(28)22-9-4-5-12-26(22)16-20-17-27(25-24-20)13-6-14-30-21-11-10-18-7-2-3-8-19(18)15-21/h2-3,7-8,10-11,15,17,22H,4-6,9,12-14,16H2,1H3. The first-order valence-corrected chi connectivity index (χ1v) is 10.6. The fourth-order valence-corrected chi connectivity index (χ4v) is 3.99. The van der Waals surface area contributed by atoms with Crippen LogP contribution in [-0.2, 0) is 22.6 Å². The normalized spacial score (nSPS) is 17.2. The number of nitrogens with zero attached hydrogens (tertiary/aromatic N) is 4. The summed E-state index contributed by atoms with van der Waals surface area (Å²) in [6.07, 6.45) is 5.78. The summed E-state index contributed by atoms with van der Waals surface area (Å²) in [6.45, 7) is 2.85. The number of likely N-dealkylation sites (tertiary alicyclic amines) is 1. The van der Waals surface area contributed by atoms with Gasteiger partial charge in [-0.3, -0.25) is 14.4 Å². The molecular weight excluding hydrogens is 380 g/mol. The van der Waals surface area contributed by atoms with E-state index in [0.717, 1.165) is 50.2 Å². The first-order valence-electron chi connectivity index (χ1n) is 10.6. The van der Waals surface area contributed by atoms with Gasteiger partial charge in [-0.25, -0.2) is 0 Å². The lowest BCUT2D eigenvalue weighted by molar-refractivity contribution is -0.148. The van der Waals surface area contributed by atoms with Crippen molar-refractivity contribution in [2.24, 2.45) is 0 Å². The average molecular weight is 409 g/mol. The van der Waals surface area contributed by atoms with Crippen molar-refractivity contribution in [2.45, 2.75) is 44.8 Å². The molecule has 30 heavy (non-hydrogen) atoms. The van der Waals surface area contributed by atoms with Crippen molar-refractivity contribution < 1.29 is 14.3 Å². The van der Waals surface area contributed by atoms with Crippen LogP contribution in [0, 0.1) is 0 Å². The van der Waals surface area contributed by atoms with E-state index in [2.05, 4.69) is 39.5 Å². The second kappa shape index (κ2) is 9.71. The lowest BCUT2D eigenvalue weighted by Gasteiger charge is -2.32. The summed E-state index contributed by atoms with van der Waals surface area (Å²) in [5, 5.41) is 10.9. The van der Waals surface area contributed by atoms with Gasteiger partial charge in [-0.05, 0) is 42.3 Å². The van der Waals surface area contributed by atoms with Gasteiger partial charge >= 0.3 is 5.97 Å². The van der Waals surface area contributed by atoms with E-state index in [4.69, 9.17) is 9.47 Å². The number of carbonyl (C=O) groups is 1. The number of esters is 1. The molecule has 1 aromatic heterocycles. The number of hydrogen-bond donors (Lipinski definition) is 0. The number of aryl methyl sites for hydroxylation is 1. The Morgan fingerprint density at radius 2 is 2.03 bits per heavy atom. The summed E-state index contributed by atoms with van der Waals surface area (Å²) in [5.41, 5.74) is 0.876. The number of fused-ring (bicyclic) bond motifs is 1. The van der Waals surface area contributed by atoms with E-state index in [1.54, 1.807) is 0 Å². The van der Waals surface area contributed by atoms with Crippen LogP contribution < -0.4 is 4.74 Å². The third kappa shape index (κ3) is 4.97. The van der Waals surface area contributed by atoms with Crippen molar-refractivity contribution in [3.05, 3.63) is 54.4 Å². The van der Waals surface area contributed by atoms with E-state index >= 15 is 0 Å². The smallest absolute Gasteiger partial charge is 0.323 e. The maximum absolute atomic E-state index is 12.0. The molecule has 0 radical (unpaired) electrons. The first-order chi connectivity index (χ1) is 14.7. The zero-order valence-electron chi connectivity index (χ0n) is 17.4. The lowest BCUT2D eigenvalue weighted by Crippen LogP contribution is -2.44. The van der Waals surface area contributed by atoms with Gasteiger partial charge < -0.3 is 9.47 Å². The maximum atomic E-state index is 12.0. The van der Waals surface area contributed by atoms with E-state index in [9.17, 15) is 4.79 Å². The molecule has 3 aromatic rings. The molecule has 7 heteroatoms. The molecule has 0 spiro atoms. The molecule has 1 aliphatic heterocycles. The van der Waals surface area contributed by atoms with Crippen LogP contribution in [0.4, 0.5) is 0 Å². The van der Waals surface area contributed by atoms with Crippen LogP contribution in [-0.4, -0.2) is 52.2 Å². The Balaban J connectivity index is 1.25. The van der Waals surface area contributed by atoms with Crippen molar-refractivity contribution in [3.8, 4) is 5.75 Å². The molecule has 0 saturated carbocycles. The topological polar surface area (TPSA) is 69.5 Å². The Hall–Kier alpha value is -2.93. The van der Waals surface area contributed by atoms with Crippen molar-refractivity contribution in [2.75, 3.05) is 20.3 Å². The van der Waals surface area contributed by atoms with Crippen LogP contribution in [0.2, 0.25) is 0 Å². The monoisotopic (exact) mass is 408 g/mol.